The smallest absolute Gasteiger partial charge is 0.281 e. The Morgan fingerprint density at radius 2 is 2.21 bits per heavy atom. The summed E-state index contributed by atoms with van der Waals surface area (Å²) in [6.07, 6.45) is 2.20. The van der Waals surface area contributed by atoms with Gasteiger partial charge in [0.2, 0.25) is 0 Å². The van der Waals surface area contributed by atoms with E-state index in [2.05, 4.69) is 20.5 Å². The number of H-pyrrole nitrogens is 1. The van der Waals surface area contributed by atoms with Crippen molar-refractivity contribution in [3.8, 4) is 0 Å². The van der Waals surface area contributed by atoms with Crippen molar-refractivity contribution < 1.29 is 4.79 Å². The van der Waals surface area contributed by atoms with Crippen molar-refractivity contribution in [2.24, 2.45) is 0 Å². The van der Waals surface area contributed by atoms with Gasteiger partial charge in [-0.25, -0.2) is 4.68 Å². The number of fused-ring (bicyclic) bond motifs is 1. The first-order valence-corrected chi connectivity index (χ1v) is 6.51. The summed E-state index contributed by atoms with van der Waals surface area (Å²) in [5.74, 6) is 1.19. The van der Waals surface area contributed by atoms with Gasteiger partial charge >= 0.3 is 0 Å². The summed E-state index contributed by atoms with van der Waals surface area (Å²) >= 11 is 0. The predicted molar refractivity (Wildman–Crippen MR) is 67.0 cm³/mol. The number of carbonyl (C=O) groups excluding carboxylic acids is 1. The molecule has 7 nitrogen and oxygen atoms in total. The molecule has 1 saturated carbocycles. The molecule has 7 heteroatoms. The normalized spacial score (nSPS) is 17.8. The molecule has 19 heavy (non-hydrogen) atoms. The molecule has 98 valence electrons. The molecule has 4 rings (SSSR count). The summed E-state index contributed by atoms with van der Waals surface area (Å²) in [5, 5.41) is 15.1. The number of hydrogen-bond donors (Lipinski definition) is 1. The van der Waals surface area contributed by atoms with E-state index in [-0.39, 0.29) is 5.91 Å². The van der Waals surface area contributed by atoms with Crippen molar-refractivity contribution in [3.63, 3.8) is 0 Å². The van der Waals surface area contributed by atoms with E-state index in [1.165, 1.54) is 0 Å². The van der Waals surface area contributed by atoms with Crippen LogP contribution in [0.3, 0.4) is 0 Å². The highest BCUT2D eigenvalue weighted by Crippen LogP contribution is 2.40. The van der Waals surface area contributed by atoms with Crippen LogP contribution in [0, 0.1) is 6.92 Å². The number of nitrogens with zero attached hydrogens (tertiary/aromatic N) is 5. The van der Waals surface area contributed by atoms with E-state index in [0.717, 1.165) is 36.6 Å². The summed E-state index contributed by atoms with van der Waals surface area (Å²) in [6.45, 7) is 3.32. The summed E-state index contributed by atoms with van der Waals surface area (Å²) in [6, 6.07) is 1.93. The number of aromatic nitrogens is 5. The molecule has 0 spiro atoms. The fourth-order valence-electron chi connectivity index (χ4n) is 2.59. The van der Waals surface area contributed by atoms with Crippen molar-refractivity contribution in [1.29, 1.82) is 0 Å². The lowest BCUT2D eigenvalue weighted by molar-refractivity contribution is 0.0983. The summed E-state index contributed by atoms with van der Waals surface area (Å²) in [7, 11) is 0. The number of amides is 1. The fourth-order valence-corrected chi connectivity index (χ4v) is 2.59. The quantitative estimate of drug-likeness (QED) is 0.866. The van der Waals surface area contributed by atoms with E-state index in [9.17, 15) is 4.79 Å². The van der Waals surface area contributed by atoms with Gasteiger partial charge in [0.15, 0.2) is 5.69 Å². The maximum absolute atomic E-state index is 12.6. The highest BCUT2D eigenvalue weighted by Gasteiger charge is 2.35. The molecule has 1 N–H and O–H groups in total. The maximum atomic E-state index is 12.6. The Morgan fingerprint density at radius 3 is 3.00 bits per heavy atom. The third-order valence-corrected chi connectivity index (χ3v) is 3.68. The second-order valence-electron chi connectivity index (χ2n) is 5.16. The van der Waals surface area contributed by atoms with Crippen LogP contribution in [-0.4, -0.2) is 37.6 Å². The van der Waals surface area contributed by atoms with Crippen LogP contribution < -0.4 is 4.90 Å². The molecular formula is C12H14N6O. The van der Waals surface area contributed by atoms with Gasteiger partial charge in [-0.1, -0.05) is 0 Å². The molecule has 0 unspecified atom stereocenters. The van der Waals surface area contributed by atoms with E-state index in [0.29, 0.717) is 18.2 Å². The van der Waals surface area contributed by atoms with E-state index in [1.54, 1.807) is 4.90 Å². The lowest BCUT2D eigenvalue weighted by Gasteiger charge is -2.13. The molecule has 0 saturated heterocycles. The van der Waals surface area contributed by atoms with Gasteiger partial charge in [0, 0.05) is 18.5 Å². The highest BCUT2D eigenvalue weighted by molar-refractivity contribution is 6.05. The topological polar surface area (TPSA) is 79.7 Å². The van der Waals surface area contributed by atoms with Crippen LogP contribution in [0.15, 0.2) is 6.07 Å². The highest BCUT2D eigenvalue weighted by atomic mass is 16.2. The Bertz CT molecular complexity index is 653. The largest absolute Gasteiger partial charge is 0.290 e. The Hall–Kier alpha value is -2.18. The number of rotatable bonds is 2. The van der Waals surface area contributed by atoms with Gasteiger partial charge in [0.25, 0.3) is 5.91 Å². The standard InChI is InChI=1S/C12H14N6O/c1-7-6-9-17(4-5-18(9)15-7)12(19)11-10(8-2-3-8)13-16-14-11/h6,8H,2-5H2,1H3,(H,13,14,16). The minimum absolute atomic E-state index is 0.0747. The van der Waals surface area contributed by atoms with E-state index in [4.69, 9.17) is 0 Å². The third-order valence-electron chi connectivity index (χ3n) is 3.68. The Kier molecular flexibility index (Phi) is 2.06. The number of aryl methyl sites for hydroxylation is 1. The zero-order valence-electron chi connectivity index (χ0n) is 10.6. The first-order chi connectivity index (χ1) is 9.24. The molecule has 0 bridgehead atoms. The van der Waals surface area contributed by atoms with Crippen LogP contribution in [0.4, 0.5) is 5.82 Å². The molecule has 2 aromatic heterocycles. The van der Waals surface area contributed by atoms with Gasteiger partial charge < -0.3 is 0 Å². The lowest BCUT2D eigenvalue weighted by Crippen LogP contribution is -2.30. The zero-order chi connectivity index (χ0) is 13.0. The van der Waals surface area contributed by atoms with Gasteiger partial charge in [0.1, 0.15) is 5.82 Å². The average Bonchev–Trinajstić information content (AvgIpc) is 2.83. The number of carbonyl (C=O) groups is 1. The summed E-state index contributed by atoms with van der Waals surface area (Å²) < 4.78 is 1.87. The molecule has 0 radical (unpaired) electrons. The van der Waals surface area contributed by atoms with Gasteiger partial charge in [-0.2, -0.15) is 20.5 Å². The van der Waals surface area contributed by atoms with E-state index < -0.39 is 0 Å². The minimum Gasteiger partial charge on any atom is -0.290 e. The minimum atomic E-state index is -0.0747. The number of nitrogens with one attached hydrogen (secondary N) is 1. The van der Waals surface area contributed by atoms with Gasteiger partial charge in [-0.05, 0) is 19.8 Å². The van der Waals surface area contributed by atoms with Crippen molar-refractivity contribution in [2.45, 2.75) is 32.2 Å². The van der Waals surface area contributed by atoms with Crippen molar-refractivity contribution in [2.75, 3.05) is 11.4 Å². The second-order valence-corrected chi connectivity index (χ2v) is 5.16. The van der Waals surface area contributed by atoms with Gasteiger partial charge in [-0.3, -0.25) is 9.69 Å². The first-order valence-electron chi connectivity index (χ1n) is 6.51. The Morgan fingerprint density at radius 1 is 1.37 bits per heavy atom. The molecule has 1 amide bonds. The van der Waals surface area contributed by atoms with Crippen molar-refractivity contribution in [3.05, 3.63) is 23.1 Å². The average molecular weight is 258 g/mol. The fraction of sp³-hybridized carbons (Fsp3) is 0.500. The van der Waals surface area contributed by atoms with Crippen LogP contribution in [0.1, 0.15) is 40.6 Å². The molecule has 2 aliphatic rings. The van der Waals surface area contributed by atoms with Gasteiger partial charge in [0.05, 0.1) is 17.9 Å². The van der Waals surface area contributed by atoms with E-state index in [1.807, 2.05) is 17.7 Å². The number of aromatic amines is 1. The molecule has 1 aliphatic heterocycles. The second kappa shape index (κ2) is 3.66. The predicted octanol–water partition coefficient (Wildman–Crippen LogP) is 0.847. The number of hydrogen-bond acceptors (Lipinski definition) is 4. The third kappa shape index (κ3) is 1.57. The molecule has 1 fully saturated rings. The van der Waals surface area contributed by atoms with Crippen molar-refractivity contribution >= 4 is 11.7 Å². The number of anilines is 1. The van der Waals surface area contributed by atoms with Crippen LogP contribution in [-0.2, 0) is 6.54 Å². The van der Waals surface area contributed by atoms with Crippen LogP contribution in [0.2, 0.25) is 0 Å². The van der Waals surface area contributed by atoms with Gasteiger partial charge in [-0.15, -0.1) is 0 Å². The zero-order valence-corrected chi connectivity index (χ0v) is 10.6. The Labute approximate surface area is 109 Å². The molecule has 0 aromatic carbocycles. The molecular weight excluding hydrogens is 244 g/mol. The maximum Gasteiger partial charge on any atom is 0.281 e. The lowest BCUT2D eigenvalue weighted by atomic mass is 10.2. The van der Waals surface area contributed by atoms with Crippen LogP contribution >= 0.6 is 0 Å². The van der Waals surface area contributed by atoms with E-state index >= 15 is 0 Å². The summed E-state index contributed by atoms with van der Waals surface area (Å²) in [4.78, 5) is 14.3. The molecule has 0 atom stereocenters. The van der Waals surface area contributed by atoms with Crippen LogP contribution in [0.25, 0.3) is 0 Å². The van der Waals surface area contributed by atoms with Crippen LogP contribution in [0.5, 0.6) is 0 Å². The SMILES string of the molecule is Cc1cc2n(n1)CCN2C(=O)c1n[nH]nc1C1CC1. The Balaban J connectivity index is 1.69. The molecule has 1 aliphatic carbocycles. The molecule has 2 aromatic rings. The monoisotopic (exact) mass is 258 g/mol. The first kappa shape index (κ1) is 10.7. The summed E-state index contributed by atoms with van der Waals surface area (Å²) in [5.41, 5.74) is 2.21. The molecule has 3 heterocycles. The van der Waals surface area contributed by atoms with Crippen molar-refractivity contribution in [1.82, 2.24) is 25.2 Å².